The number of aromatic nitrogens is 2. The van der Waals surface area contributed by atoms with Gasteiger partial charge in [-0.15, -0.1) is 0 Å². The molecule has 0 aliphatic rings. The molecule has 0 spiro atoms. The van der Waals surface area contributed by atoms with Gasteiger partial charge in [0.15, 0.2) is 5.03 Å². The zero-order chi connectivity index (χ0) is 12.2. The monoisotopic (exact) mass is 242 g/mol. The Bertz CT molecular complexity index is 486. The van der Waals surface area contributed by atoms with Crippen molar-refractivity contribution in [1.82, 2.24) is 13.9 Å². The molecule has 0 saturated heterocycles. The van der Waals surface area contributed by atoms with Crippen molar-refractivity contribution in [3.05, 3.63) is 12.5 Å². The minimum absolute atomic E-state index is 0.0230. The third-order valence-corrected chi connectivity index (χ3v) is 3.97. The summed E-state index contributed by atoms with van der Waals surface area (Å²) in [7, 11) is -1.85. The molecule has 1 aromatic heterocycles. The Balaban J connectivity index is 2.96. The summed E-state index contributed by atoms with van der Waals surface area (Å²) in [5.41, 5.74) is 0. The van der Waals surface area contributed by atoms with Crippen molar-refractivity contribution >= 4 is 10.0 Å². The molecule has 0 N–H and O–H groups in total. The van der Waals surface area contributed by atoms with Gasteiger partial charge in [0.2, 0.25) is 0 Å². The van der Waals surface area contributed by atoms with Crippen LogP contribution in [-0.2, 0) is 17.1 Å². The number of hydrogen-bond acceptors (Lipinski definition) is 4. The summed E-state index contributed by atoms with van der Waals surface area (Å²) < 4.78 is 26.9. The highest BCUT2D eigenvalue weighted by Crippen LogP contribution is 2.12. The van der Waals surface area contributed by atoms with Crippen molar-refractivity contribution in [2.45, 2.75) is 18.4 Å². The van der Waals surface area contributed by atoms with Gasteiger partial charge < -0.3 is 4.57 Å². The molecular weight excluding hydrogens is 228 g/mol. The smallest absolute Gasteiger partial charge is 0.262 e. The number of nitriles is 1. The molecule has 88 valence electrons. The first-order chi connectivity index (χ1) is 7.52. The van der Waals surface area contributed by atoms with Crippen LogP contribution in [0.2, 0.25) is 0 Å². The van der Waals surface area contributed by atoms with Gasteiger partial charge in [-0.2, -0.15) is 9.57 Å². The minimum atomic E-state index is -3.55. The molecule has 0 unspecified atom stereocenters. The van der Waals surface area contributed by atoms with Crippen LogP contribution < -0.4 is 0 Å². The lowest BCUT2D eigenvalue weighted by Gasteiger charge is -2.17. The molecule has 1 rings (SSSR count). The van der Waals surface area contributed by atoms with E-state index in [1.165, 1.54) is 16.8 Å². The third kappa shape index (κ3) is 2.59. The Morgan fingerprint density at radius 2 is 2.31 bits per heavy atom. The molecule has 0 amide bonds. The van der Waals surface area contributed by atoms with Gasteiger partial charge in [-0.3, -0.25) is 0 Å². The first kappa shape index (κ1) is 12.7. The quantitative estimate of drug-likeness (QED) is 0.746. The Kier molecular flexibility index (Phi) is 4.04. The summed E-state index contributed by atoms with van der Waals surface area (Å²) in [6.07, 6.45) is 3.06. The van der Waals surface area contributed by atoms with E-state index < -0.39 is 10.0 Å². The van der Waals surface area contributed by atoms with Crippen LogP contribution in [-0.4, -0.2) is 35.4 Å². The molecule has 0 bridgehead atoms. The zero-order valence-electron chi connectivity index (χ0n) is 9.29. The summed E-state index contributed by atoms with van der Waals surface area (Å²) in [5.74, 6) is 0. The minimum Gasteiger partial charge on any atom is -0.339 e. The van der Waals surface area contributed by atoms with Crippen LogP contribution in [0.3, 0.4) is 0 Å². The number of aryl methyl sites for hydroxylation is 1. The Morgan fingerprint density at radius 3 is 2.75 bits per heavy atom. The molecule has 7 heteroatoms. The molecule has 0 fully saturated rings. The van der Waals surface area contributed by atoms with Gasteiger partial charge >= 0.3 is 0 Å². The number of sulfonamides is 1. The molecule has 0 aromatic carbocycles. The van der Waals surface area contributed by atoms with E-state index >= 15 is 0 Å². The Hall–Kier alpha value is -1.39. The fourth-order valence-corrected chi connectivity index (χ4v) is 2.69. The van der Waals surface area contributed by atoms with Gasteiger partial charge in [0.05, 0.1) is 12.4 Å². The second-order valence-electron chi connectivity index (χ2n) is 3.28. The SMILES string of the molecule is CCN(CCC#N)S(=O)(=O)c1cn(C)cn1. The molecule has 0 atom stereocenters. The van der Waals surface area contributed by atoms with E-state index in [-0.39, 0.29) is 18.0 Å². The number of imidazole rings is 1. The van der Waals surface area contributed by atoms with Crippen LogP contribution in [0.25, 0.3) is 0 Å². The van der Waals surface area contributed by atoms with E-state index in [4.69, 9.17) is 5.26 Å². The van der Waals surface area contributed by atoms with Gasteiger partial charge in [0.1, 0.15) is 0 Å². The highest BCUT2D eigenvalue weighted by atomic mass is 32.2. The average molecular weight is 242 g/mol. The van der Waals surface area contributed by atoms with Gasteiger partial charge in [0.25, 0.3) is 10.0 Å². The lowest BCUT2D eigenvalue weighted by atomic mass is 10.5. The standard InChI is InChI=1S/C9H14N4O2S/c1-3-13(6-4-5-10)16(14,15)9-7-12(2)8-11-9/h7-8H,3-4,6H2,1-2H3. The molecule has 6 nitrogen and oxygen atoms in total. The largest absolute Gasteiger partial charge is 0.339 e. The normalized spacial score (nSPS) is 11.6. The van der Waals surface area contributed by atoms with Crippen LogP contribution in [0.1, 0.15) is 13.3 Å². The topological polar surface area (TPSA) is 79.0 Å². The van der Waals surface area contributed by atoms with Gasteiger partial charge in [-0.25, -0.2) is 13.4 Å². The zero-order valence-corrected chi connectivity index (χ0v) is 10.1. The summed E-state index contributed by atoms with van der Waals surface area (Å²) in [4.78, 5) is 3.81. The lowest BCUT2D eigenvalue weighted by molar-refractivity contribution is 0.433. The molecule has 0 radical (unpaired) electrons. The second-order valence-corrected chi connectivity index (χ2v) is 5.17. The van der Waals surface area contributed by atoms with E-state index in [2.05, 4.69) is 4.98 Å². The van der Waals surface area contributed by atoms with Crippen LogP contribution in [0.4, 0.5) is 0 Å². The van der Waals surface area contributed by atoms with Crippen LogP contribution in [0.5, 0.6) is 0 Å². The Labute approximate surface area is 95.2 Å². The highest BCUT2D eigenvalue weighted by Gasteiger charge is 2.24. The molecule has 1 aromatic rings. The molecule has 0 aliphatic heterocycles. The fourth-order valence-electron chi connectivity index (χ4n) is 1.28. The van der Waals surface area contributed by atoms with Crippen LogP contribution in [0, 0.1) is 11.3 Å². The maximum Gasteiger partial charge on any atom is 0.262 e. The molecule has 1 heterocycles. The van der Waals surface area contributed by atoms with Crippen molar-refractivity contribution in [2.24, 2.45) is 7.05 Å². The van der Waals surface area contributed by atoms with E-state index in [9.17, 15) is 8.42 Å². The number of rotatable bonds is 5. The van der Waals surface area contributed by atoms with Crippen molar-refractivity contribution < 1.29 is 8.42 Å². The first-order valence-corrected chi connectivity index (χ1v) is 6.31. The summed E-state index contributed by atoms with van der Waals surface area (Å²) >= 11 is 0. The molecule has 0 saturated carbocycles. The number of hydrogen-bond donors (Lipinski definition) is 0. The van der Waals surface area contributed by atoms with E-state index in [0.29, 0.717) is 6.54 Å². The van der Waals surface area contributed by atoms with Crippen LogP contribution in [0.15, 0.2) is 17.6 Å². The van der Waals surface area contributed by atoms with Crippen molar-refractivity contribution in [1.29, 1.82) is 5.26 Å². The molecule has 16 heavy (non-hydrogen) atoms. The molecule has 0 aliphatic carbocycles. The fraction of sp³-hybridized carbons (Fsp3) is 0.556. The van der Waals surface area contributed by atoms with E-state index in [1.54, 1.807) is 18.5 Å². The highest BCUT2D eigenvalue weighted by molar-refractivity contribution is 7.89. The maximum atomic E-state index is 12.0. The third-order valence-electron chi connectivity index (χ3n) is 2.11. The van der Waals surface area contributed by atoms with Crippen molar-refractivity contribution in [3.8, 4) is 6.07 Å². The van der Waals surface area contributed by atoms with Gasteiger partial charge in [-0.1, -0.05) is 6.92 Å². The average Bonchev–Trinajstić information content (AvgIpc) is 2.66. The van der Waals surface area contributed by atoms with Crippen molar-refractivity contribution in [2.75, 3.05) is 13.1 Å². The summed E-state index contributed by atoms with van der Waals surface area (Å²) in [6, 6.07) is 1.93. The number of nitrogens with zero attached hydrogens (tertiary/aromatic N) is 4. The van der Waals surface area contributed by atoms with Gasteiger partial charge in [0, 0.05) is 32.8 Å². The molecular formula is C9H14N4O2S. The van der Waals surface area contributed by atoms with Crippen molar-refractivity contribution in [3.63, 3.8) is 0 Å². The summed E-state index contributed by atoms with van der Waals surface area (Å²) in [5, 5.41) is 8.48. The lowest BCUT2D eigenvalue weighted by Crippen LogP contribution is -2.32. The predicted molar refractivity (Wildman–Crippen MR) is 57.9 cm³/mol. The van der Waals surface area contributed by atoms with E-state index in [1.807, 2.05) is 6.07 Å². The second kappa shape index (κ2) is 5.09. The maximum absolute atomic E-state index is 12.0. The first-order valence-electron chi connectivity index (χ1n) is 4.87. The predicted octanol–water partition coefficient (Wildman–Crippen LogP) is 0.344. The van der Waals surface area contributed by atoms with E-state index in [0.717, 1.165) is 0 Å². The van der Waals surface area contributed by atoms with Gasteiger partial charge in [-0.05, 0) is 0 Å². The summed E-state index contributed by atoms with van der Waals surface area (Å²) in [6.45, 7) is 2.27. The Morgan fingerprint density at radius 1 is 1.62 bits per heavy atom. The van der Waals surface area contributed by atoms with Crippen LogP contribution >= 0.6 is 0 Å².